The van der Waals surface area contributed by atoms with E-state index in [4.69, 9.17) is 9.47 Å². The lowest BCUT2D eigenvalue weighted by atomic mass is 10.1. The standard InChI is InChI=1S/C20H21NO6S/c1-14(20(23)16-7-9-17(10-8-16)21-28(3,24)25)27-19(22)13-6-15-4-11-18(26-2)12-5-15/h4-14,21H,1-3H3/b13-6+/t14-/m0/s1. The molecule has 8 heteroatoms. The van der Waals surface area contributed by atoms with Gasteiger partial charge in [-0.25, -0.2) is 13.2 Å². The van der Waals surface area contributed by atoms with Crippen LogP contribution in [0.4, 0.5) is 5.69 Å². The molecule has 0 aromatic heterocycles. The Labute approximate surface area is 164 Å². The van der Waals surface area contributed by atoms with Crippen molar-refractivity contribution in [3.8, 4) is 5.75 Å². The Bertz CT molecular complexity index is 963. The molecular formula is C20H21NO6S. The molecule has 2 aromatic rings. The van der Waals surface area contributed by atoms with E-state index in [9.17, 15) is 18.0 Å². The molecule has 7 nitrogen and oxygen atoms in total. The summed E-state index contributed by atoms with van der Waals surface area (Å²) in [5.74, 6) is -0.333. The fourth-order valence-corrected chi connectivity index (χ4v) is 2.86. The second kappa shape index (κ2) is 9.18. The molecule has 0 fully saturated rings. The van der Waals surface area contributed by atoms with E-state index < -0.39 is 27.9 Å². The Morgan fingerprint density at radius 1 is 1.04 bits per heavy atom. The summed E-state index contributed by atoms with van der Waals surface area (Å²) in [6.07, 6.45) is 2.87. The molecule has 0 aliphatic heterocycles. The summed E-state index contributed by atoms with van der Waals surface area (Å²) in [6.45, 7) is 1.48. The van der Waals surface area contributed by atoms with Gasteiger partial charge in [0, 0.05) is 17.3 Å². The van der Waals surface area contributed by atoms with Crippen molar-refractivity contribution in [2.24, 2.45) is 0 Å². The number of methoxy groups -OCH3 is 1. The van der Waals surface area contributed by atoms with Crippen molar-refractivity contribution in [3.05, 3.63) is 65.7 Å². The molecule has 0 spiro atoms. The van der Waals surface area contributed by atoms with Gasteiger partial charge in [0.15, 0.2) is 6.10 Å². The molecule has 0 aliphatic rings. The van der Waals surface area contributed by atoms with Crippen LogP contribution in [0.2, 0.25) is 0 Å². The summed E-state index contributed by atoms with van der Waals surface area (Å²) in [7, 11) is -1.83. The third-order valence-electron chi connectivity index (χ3n) is 3.66. The number of benzene rings is 2. The number of carbonyl (C=O) groups excluding carboxylic acids is 2. The molecule has 1 atom stereocenters. The van der Waals surface area contributed by atoms with Crippen molar-refractivity contribution in [2.45, 2.75) is 13.0 Å². The summed E-state index contributed by atoms with van der Waals surface area (Å²) in [6, 6.07) is 12.9. The Kier molecular flexibility index (Phi) is 6.94. The number of hydrogen-bond acceptors (Lipinski definition) is 6. The van der Waals surface area contributed by atoms with Gasteiger partial charge in [-0.15, -0.1) is 0 Å². The molecule has 28 heavy (non-hydrogen) atoms. The summed E-state index contributed by atoms with van der Waals surface area (Å²) in [5, 5.41) is 0. The van der Waals surface area contributed by atoms with Crippen molar-refractivity contribution in [1.29, 1.82) is 0 Å². The van der Waals surface area contributed by atoms with Gasteiger partial charge < -0.3 is 9.47 Å². The fourth-order valence-electron chi connectivity index (χ4n) is 2.30. The van der Waals surface area contributed by atoms with Gasteiger partial charge >= 0.3 is 5.97 Å². The third-order valence-corrected chi connectivity index (χ3v) is 4.27. The monoisotopic (exact) mass is 403 g/mol. The molecule has 0 aliphatic carbocycles. The van der Waals surface area contributed by atoms with Crippen molar-refractivity contribution in [3.63, 3.8) is 0 Å². The first-order valence-corrected chi connectivity index (χ1v) is 10.2. The number of esters is 1. The number of hydrogen-bond donors (Lipinski definition) is 1. The first-order valence-electron chi connectivity index (χ1n) is 8.33. The minimum atomic E-state index is -3.39. The van der Waals surface area contributed by atoms with Crippen LogP contribution in [-0.2, 0) is 19.6 Å². The number of Topliss-reactive ketones (excluding diaryl/α,β-unsaturated/α-hetero) is 1. The molecule has 1 N–H and O–H groups in total. The highest BCUT2D eigenvalue weighted by atomic mass is 32.2. The topological polar surface area (TPSA) is 98.8 Å². The van der Waals surface area contributed by atoms with Gasteiger partial charge in [-0.2, -0.15) is 0 Å². The molecule has 0 saturated heterocycles. The molecule has 2 aromatic carbocycles. The van der Waals surface area contributed by atoms with Gasteiger partial charge in [0.05, 0.1) is 13.4 Å². The molecule has 0 bridgehead atoms. The zero-order chi connectivity index (χ0) is 20.7. The Morgan fingerprint density at radius 3 is 2.18 bits per heavy atom. The maximum Gasteiger partial charge on any atom is 0.331 e. The van der Waals surface area contributed by atoms with Gasteiger partial charge in [-0.1, -0.05) is 12.1 Å². The van der Waals surface area contributed by atoms with Crippen LogP contribution >= 0.6 is 0 Å². The Hall–Kier alpha value is -3.13. The van der Waals surface area contributed by atoms with Crippen LogP contribution in [-0.4, -0.2) is 39.6 Å². The maximum atomic E-state index is 12.4. The average molecular weight is 403 g/mol. The number of rotatable bonds is 8. The van der Waals surface area contributed by atoms with Gasteiger partial charge in [-0.05, 0) is 55.0 Å². The SMILES string of the molecule is COc1ccc(/C=C/C(=O)O[C@@H](C)C(=O)c2ccc(NS(C)(=O)=O)cc2)cc1. The fraction of sp³-hybridized carbons (Fsp3) is 0.200. The van der Waals surface area contributed by atoms with E-state index in [2.05, 4.69) is 4.72 Å². The minimum Gasteiger partial charge on any atom is -0.497 e. The quantitative estimate of drug-likeness (QED) is 0.413. The van der Waals surface area contributed by atoms with Crippen LogP contribution in [0.5, 0.6) is 5.75 Å². The maximum absolute atomic E-state index is 12.4. The van der Waals surface area contributed by atoms with Crippen LogP contribution in [0.15, 0.2) is 54.6 Å². The Morgan fingerprint density at radius 2 is 1.64 bits per heavy atom. The molecular weight excluding hydrogens is 382 g/mol. The first-order chi connectivity index (χ1) is 13.2. The largest absolute Gasteiger partial charge is 0.497 e. The van der Waals surface area contributed by atoms with Crippen LogP contribution < -0.4 is 9.46 Å². The number of sulfonamides is 1. The van der Waals surface area contributed by atoms with Crippen molar-refractivity contribution in [1.82, 2.24) is 0 Å². The molecule has 2 rings (SSSR count). The summed E-state index contributed by atoms with van der Waals surface area (Å²) in [5.41, 5.74) is 1.43. The highest BCUT2D eigenvalue weighted by molar-refractivity contribution is 7.92. The first kappa shape index (κ1) is 21.2. The van der Waals surface area contributed by atoms with E-state index in [1.54, 1.807) is 37.5 Å². The normalized spacial score (nSPS) is 12.4. The van der Waals surface area contributed by atoms with Crippen LogP contribution in [0.1, 0.15) is 22.8 Å². The summed E-state index contributed by atoms with van der Waals surface area (Å²) < 4.78 is 34.9. The van der Waals surface area contributed by atoms with Crippen LogP contribution in [0, 0.1) is 0 Å². The van der Waals surface area contributed by atoms with E-state index in [1.807, 2.05) is 0 Å². The van der Waals surface area contributed by atoms with Crippen molar-refractivity contribution < 1.29 is 27.5 Å². The van der Waals surface area contributed by atoms with E-state index in [0.717, 1.165) is 11.8 Å². The lowest BCUT2D eigenvalue weighted by molar-refractivity contribution is -0.140. The van der Waals surface area contributed by atoms with Gasteiger partial charge in [0.1, 0.15) is 5.75 Å². The van der Waals surface area contributed by atoms with Gasteiger partial charge in [0.25, 0.3) is 0 Å². The summed E-state index contributed by atoms with van der Waals surface area (Å²) in [4.78, 5) is 24.3. The second-order valence-electron chi connectivity index (χ2n) is 6.00. The Balaban J connectivity index is 1.95. The lowest BCUT2D eigenvalue weighted by Crippen LogP contribution is -2.23. The van der Waals surface area contributed by atoms with Gasteiger partial charge in [0.2, 0.25) is 15.8 Å². The van der Waals surface area contributed by atoms with E-state index in [-0.39, 0.29) is 0 Å². The molecule has 0 amide bonds. The smallest absolute Gasteiger partial charge is 0.331 e. The number of ether oxygens (including phenoxy) is 2. The van der Waals surface area contributed by atoms with Crippen LogP contribution in [0.25, 0.3) is 6.08 Å². The van der Waals surface area contributed by atoms with Crippen LogP contribution in [0.3, 0.4) is 0 Å². The lowest BCUT2D eigenvalue weighted by Gasteiger charge is -2.11. The highest BCUT2D eigenvalue weighted by Gasteiger charge is 2.18. The second-order valence-corrected chi connectivity index (χ2v) is 7.75. The predicted octanol–water partition coefficient (Wildman–Crippen LogP) is 2.89. The number of nitrogens with one attached hydrogen (secondary N) is 1. The van der Waals surface area contributed by atoms with E-state index in [0.29, 0.717) is 17.0 Å². The average Bonchev–Trinajstić information content (AvgIpc) is 2.65. The predicted molar refractivity (Wildman–Crippen MR) is 107 cm³/mol. The zero-order valence-electron chi connectivity index (χ0n) is 15.7. The van der Waals surface area contributed by atoms with E-state index in [1.165, 1.54) is 37.3 Å². The number of carbonyl (C=O) groups is 2. The van der Waals surface area contributed by atoms with Gasteiger partial charge in [-0.3, -0.25) is 9.52 Å². The number of anilines is 1. The van der Waals surface area contributed by atoms with E-state index >= 15 is 0 Å². The molecule has 0 radical (unpaired) electrons. The highest BCUT2D eigenvalue weighted by Crippen LogP contribution is 2.14. The molecule has 0 heterocycles. The summed E-state index contributed by atoms with van der Waals surface area (Å²) >= 11 is 0. The third kappa shape index (κ3) is 6.55. The van der Waals surface area contributed by atoms with Crippen molar-refractivity contribution in [2.75, 3.05) is 18.1 Å². The number of ketones is 1. The molecule has 0 saturated carbocycles. The van der Waals surface area contributed by atoms with Crippen molar-refractivity contribution >= 4 is 33.5 Å². The molecule has 148 valence electrons. The minimum absolute atomic E-state index is 0.304. The molecule has 0 unspecified atom stereocenters. The zero-order valence-corrected chi connectivity index (χ0v) is 16.5.